The first-order valence-corrected chi connectivity index (χ1v) is 40.3. The fourth-order valence-electron chi connectivity index (χ4n) is 20.0. The van der Waals surface area contributed by atoms with Gasteiger partial charge in [-0.05, 0) is 315 Å². The lowest BCUT2D eigenvalue weighted by Gasteiger charge is -2.34. The van der Waals surface area contributed by atoms with Crippen molar-refractivity contribution in [3.05, 3.63) is 271 Å². The number of benzene rings is 12. The number of hydrogen-bond donors (Lipinski definition) is 2. The van der Waals surface area contributed by atoms with E-state index in [4.69, 9.17) is 9.47 Å². The Labute approximate surface area is 669 Å². The second-order valence-electron chi connectivity index (χ2n) is 37.0. The summed E-state index contributed by atoms with van der Waals surface area (Å²) in [6, 6.07) is 59.2. The van der Waals surface area contributed by atoms with E-state index in [1.165, 1.54) is 113 Å². The lowest BCUT2D eigenvalue weighted by atomic mass is 9.71. The summed E-state index contributed by atoms with van der Waals surface area (Å²) >= 11 is 0. The second-order valence-corrected chi connectivity index (χ2v) is 37.0. The molecule has 0 amide bonds. The van der Waals surface area contributed by atoms with Crippen molar-refractivity contribution in [2.45, 2.75) is 196 Å². The minimum atomic E-state index is -0.462. The van der Waals surface area contributed by atoms with Crippen LogP contribution < -0.4 is 9.47 Å². The summed E-state index contributed by atoms with van der Waals surface area (Å²) in [5, 5.41) is 31.5. The van der Waals surface area contributed by atoms with Crippen molar-refractivity contribution in [2.75, 3.05) is 13.2 Å². The summed E-state index contributed by atoms with van der Waals surface area (Å²) in [5.41, 5.74) is 31.8. The van der Waals surface area contributed by atoms with Gasteiger partial charge in [-0.25, -0.2) is 8.78 Å². The summed E-state index contributed by atoms with van der Waals surface area (Å²) in [4.78, 5) is 0. The van der Waals surface area contributed by atoms with Crippen molar-refractivity contribution in [3.63, 3.8) is 0 Å². The Kier molecular flexibility index (Phi) is 20.5. The largest absolute Gasteiger partial charge is 0.505 e. The van der Waals surface area contributed by atoms with E-state index in [1.807, 2.05) is 26.0 Å². The van der Waals surface area contributed by atoms with E-state index in [0.717, 1.165) is 89.8 Å². The molecule has 580 valence electrons. The first kappa shape index (κ1) is 79.0. The summed E-state index contributed by atoms with van der Waals surface area (Å²) < 4.78 is 51.8. The van der Waals surface area contributed by atoms with E-state index >= 15 is 8.78 Å². The van der Waals surface area contributed by atoms with Gasteiger partial charge in [0.05, 0.1) is 46.7 Å². The smallest absolute Gasteiger partial charge is 0.147 e. The van der Waals surface area contributed by atoms with E-state index in [9.17, 15) is 10.2 Å². The number of halogens is 2. The van der Waals surface area contributed by atoms with E-state index in [-0.39, 0.29) is 35.5 Å². The monoisotopic (exact) mass is 1500 g/mol. The third-order valence-electron chi connectivity index (χ3n) is 23.4. The average Bonchev–Trinajstić information content (AvgIpc) is 1.58. The Hall–Kier alpha value is -10.7. The van der Waals surface area contributed by atoms with Crippen LogP contribution in [0.2, 0.25) is 0 Å². The van der Waals surface area contributed by atoms with E-state index < -0.39 is 22.5 Å². The molecule has 0 bridgehead atoms. The Morgan fingerprint density at radius 1 is 0.301 bits per heavy atom. The number of hydrogen-bond acceptors (Lipinski definition) is 4. The predicted molar refractivity (Wildman–Crippen MR) is 474 cm³/mol. The van der Waals surface area contributed by atoms with Gasteiger partial charge < -0.3 is 28.8 Å². The van der Waals surface area contributed by atoms with Crippen LogP contribution in [-0.2, 0) is 10.8 Å². The van der Waals surface area contributed by atoms with Crippen molar-refractivity contribution < 1.29 is 28.5 Å². The number of aryl methyl sites for hydroxylation is 14. The third-order valence-corrected chi connectivity index (χ3v) is 23.4. The summed E-state index contributed by atoms with van der Waals surface area (Å²) in [6.45, 7) is 52.6. The molecule has 0 aliphatic carbocycles. The number of rotatable bonds is 18. The number of aromatic nitrogens is 2. The Morgan fingerprint density at radius 3 is 0.805 bits per heavy atom. The Morgan fingerprint density at radius 2 is 0.558 bits per heavy atom. The maximum Gasteiger partial charge on any atom is 0.147 e. The zero-order valence-electron chi connectivity index (χ0n) is 71.1. The highest BCUT2D eigenvalue weighted by Crippen LogP contribution is 2.52. The molecule has 0 atom stereocenters. The zero-order chi connectivity index (χ0) is 81.3. The second kappa shape index (κ2) is 29.4. The highest BCUT2D eigenvalue weighted by molar-refractivity contribution is 6.13. The molecule has 0 saturated heterocycles. The number of fused-ring (bicyclic) bond motifs is 6. The van der Waals surface area contributed by atoms with E-state index in [0.29, 0.717) is 62.7 Å². The molecule has 0 spiro atoms. The number of phenolic OH excluding ortho intramolecular Hbond substituents is 2. The van der Waals surface area contributed by atoms with Gasteiger partial charge in [0.2, 0.25) is 0 Å². The molecule has 0 aliphatic rings. The van der Waals surface area contributed by atoms with Crippen LogP contribution in [0.15, 0.2) is 170 Å². The molecule has 2 N–H and O–H groups in total. The fourth-order valence-corrected chi connectivity index (χ4v) is 20.0. The molecule has 8 heteroatoms. The normalized spacial score (nSPS) is 12.4. The molecule has 2 aromatic heterocycles. The highest BCUT2D eigenvalue weighted by Gasteiger charge is 2.34. The third kappa shape index (κ3) is 15.1. The molecule has 14 aromatic rings. The van der Waals surface area contributed by atoms with Gasteiger partial charge in [-0.1, -0.05) is 189 Å². The maximum atomic E-state index is 16.7. The molecule has 0 unspecified atom stereocenters. The molecule has 113 heavy (non-hydrogen) atoms. The van der Waals surface area contributed by atoms with Crippen LogP contribution in [0.5, 0.6) is 23.0 Å². The van der Waals surface area contributed by atoms with Gasteiger partial charge in [-0.2, -0.15) is 0 Å². The quantitative estimate of drug-likeness (QED) is 0.0840. The average molecular weight is 1500 g/mol. The lowest BCUT2D eigenvalue weighted by Crippen LogP contribution is -2.25. The van der Waals surface area contributed by atoms with Gasteiger partial charge in [0.25, 0.3) is 0 Å². The lowest BCUT2D eigenvalue weighted by molar-refractivity contribution is 0.246. The van der Waals surface area contributed by atoms with Crippen molar-refractivity contribution in [2.24, 2.45) is 10.8 Å². The molecule has 6 nitrogen and oxygen atoms in total. The molecule has 14 rings (SSSR count). The van der Waals surface area contributed by atoms with Crippen LogP contribution in [0.1, 0.15) is 178 Å². The van der Waals surface area contributed by atoms with Crippen molar-refractivity contribution >= 4 is 43.6 Å². The Bertz CT molecular complexity index is 5510. The first-order valence-electron chi connectivity index (χ1n) is 40.3. The maximum absolute atomic E-state index is 16.7. The number of ether oxygens (including phenoxy) is 2. The standard InChI is InChI=1S/C105H112F2N2O4/c1-58-36-62(5)94(63(6)37-58)72-26-30-80-81-31-27-73(95-64(7)38-59(2)39-65(95)8)47-89(81)108(88(80)46-72)92-52-76(104(21,22)56-102(15,16)17)50-84(98(92)110)86-54-78(106)44-70(13)100(86)112-34-25-35-113-101-71(14)45-79(107)55-87(101)85-51-77(105(23,24)57-103(18,19)20)53-93(99(85)111)109-90-48-74(96-66(9)40-60(3)41-67(96)10)28-32-82(90)83-33-29-75(49-91(83)109)97-68(11)42-61(4)43-69(97)12/h26-33,36-55,110-111H,25,34-35,56-57H2,1-24H3. The van der Waals surface area contributed by atoms with Crippen LogP contribution >= 0.6 is 0 Å². The molecule has 0 fully saturated rings. The van der Waals surface area contributed by atoms with Gasteiger partial charge in [0, 0.05) is 50.2 Å². The van der Waals surface area contributed by atoms with E-state index in [1.54, 1.807) is 0 Å². The van der Waals surface area contributed by atoms with Crippen molar-refractivity contribution in [1.82, 2.24) is 9.13 Å². The predicted octanol–water partition coefficient (Wildman–Crippen LogP) is 29.2. The Balaban J connectivity index is 0.886. The van der Waals surface area contributed by atoms with Crippen LogP contribution in [-0.4, -0.2) is 32.6 Å². The van der Waals surface area contributed by atoms with Gasteiger partial charge >= 0.3 is 0 Å². The minimum absolute atomic E-state index is 0.0115. The van der Waals surface area contributed by atoms with Crippen LogP contribution in [0, 0.1) is 119 Å². The van der Waals surface area contributed by atoms with Gasteiger partial charge in [-0.3, -0.25) is 0 Å². The topological polar surface area (TPSA) is 68.8 Å². The molecular formula is C105H112F2N2O4. The summed E-state index contributed by atoms with van der Waals surface area (Å²) in [7, 11) is 0. The van der Waals surface area contributed by atoms with Crippen molar-refractivity contribution in [3.8, 4) is 101 Å². The fraction of sp³-hybridized carbons (Fsp3) is 0.314. The SMILES string of the molecule is Cc1cc(C)c(-c2ccc3c4ccc(-c5c(C)cc(C)cc5C)cc4n(-c4cc(C(C)(C)CC(C)(C)C)cc(-c5cc(F)cc(C)c5OCCCOc5c(C)cc(F)cc5-c5cc(C(C)(C)CC(C)(C)C)cc(-n6c7cc(-c8c(C)cc(C)cc8C)ccc7c7ccc(-c8c(C)cc(C)cc8C)cc76)c5O)c4O)c3c2)c(C)c1. The molecule has 12 aromatic carbocycles. The molecule has 0 aliphatic heterocycles. The summed E-state index contributed by atoms with van der Waals surface area (Å²) in [5.74, 6) is -0.0775. The van der Waals surface area contributed by atoms with Crippen molar-refractivity contribution in [1.29, 1.82) is 0 Å². The highest BCUT2D eigenvalue weighted by atomic mass is 19.1. The van der Waals surface area contributed by atoms with Gasteiger partial charge in [-0.15, -0.1) is 0 Å². The van der Waals surface area contributed by atoms with Crippen LogP contribution in [0.3, 0.4) is 0 Å². The molecule has 0 saturated carbocycles. The van der Waals surface area contributed by atoms with Crippen LogP contribution in [0.4, 0.5) is 8.78 Å². The zero-order valence-corrected chi connectivity index (χ0v) is 71.1. The number of aromatic hydroxyl groups is 2. The summed E-state index contributed by atoms with van der Waals surface area (Å²) in [6.07, 6.45) is 1.96. The minimum Gasteiger partial charge on any atom is -0.505 e. The van der Waals surface area contributed by atoms with Gasteiger partial charge in [0.1, 0.15) is 34.6 Å². The molecule has 2 heterocycles. The van der Waals surface area contributed by atoms with Crippen LogP contribution in [0.25, 0.3) is 122 Å². The molecule has 0 radical (unpaired) electrons. The number of phenols is 2. The van der Waals surface area contributed by atoms with Gasteiger partial charge in [0.15, 0.2) is 0 Å². The van der Waals surface area contributed by atoms with E-state index in [2.05, 4.69) is 295 Å². The number of nitrogens with zero attached hydrogens (tertiary/aromatic N) is 2. The first-order chi connectivity index (χ1) is 53.1. The molecular weight excluding hydrogens is 1390 g/mol.